The second-order valence-electron chi connectivity index (χ2n) is 4.88. The number of nitrogens with zero attached hydrogens (tertiary/aromatic N) is 1. The Balaban J connectivity index is 2.22. The maximum Gasteiger partial charge on any atom is 0.191 e. The molecule has 2 N–H and O–H groups in total. The molecule has 0 saturated carbocycles. The number of ether oxygens (including phenoxy) is 2. The van der Waals surface area contributed by atoms with E-state index in [4.69, 9.17) is 9.47 Å². The molecule has 0 aromatic heterocycles. The first-order chi connectivity index (χ1) is 10.7. The molecule has 124 valence electrons. The number of methoxy groups -OCH3 is 1. The molecule has 22 heavy (non-hydrogen) atoms. The topological polar surface area (TPSA) is 54.9 Å². The van der Waals surface area contributed by atoms with Crippen molar-refractivity contribution in [1.29, 1.82) is 0 Å². The number of hydrogen-bond donors (Lipinski definition) is 2. The van der Waals surface area contributed by atoms with Crippen molar-refractivity contribution in [2.75, 3.05) is 40.5 Å². The molecule has 0 heterocycles. The third-order valence-corrected chi connectivity index (χ3v) is 3.66. The molecule has 1 aromatic rings. The van der Waals surface area contributed by atoms with Gasteiger partial charge in [-0.25, -0.2) is 0 Å². The van der Waals surface area contributed by atoms with E-state index >= 15 is 0 Å². The molecular formula is C16H26BrN3O2. The van der Waals surface area contributed by atoms with Crippen LogP contribution in [0.2, 0.25) is 0 Å². The summed E-state index contributed by atoms with van der Waals surface area (Å²) in [6.07, 6.45) is 0.932. The summed E-state index contributed by atoms with van der Waals surface area (Å²) >= 11 is 3.48. The number of rotatable bonds is 9. The Kier molecular flexibility index (Phi) is 9.86. The van der Waals surface area contributed by atoms with Gasteiger partial charge < -0.3 is 20.1 Å². The third-order valence-electron chi connectivity index (χ3n) is 3.16. The minimum absolute atomic E-state index is 0.642. The van der Waals surface area contributed by atoms with E-state index < -0.39 is 0 Å². The fraction of sp³-hybridized carbons (Fsp3) is 0.562. The lowest BCUT2D eigenvalue weighted by Gasteiger charge is -2.13. The van der Waals surface area contributed by atoms with E-state index in [1.165, 1.54) is 11.1 Å². The molecular weight excluding hydrogens is 346 g/mol. The van der Waals surface area contributed by atoms with Crippen LogP contribution in [0, 0.1) is 6.92 Å². The van der Waals surface area contributed by atoms with E-state index in [0.29, 0.717) is 13.2 Å². The quantitative estimate of drug-likeness (QED) is 0.397. The number of aliphatic imine (C=N–C) groups is 1. The Labute approximate surface area is 141 Å². The van der Waals surface area contributed by atoms with Crippen molar-refractivity contribution in [2.45, 2.75) is 19.9 Å². The molecule has 5 nitrogen and oxygen atoms in total. The van der Waals surface area contributed by atoms with E-state index in [1.54, 1.807) is 14.2 Å². The zero-order valence-electron chi connectivity index (χ0n) is 13.6. The molecule has 1 rings (SSSR count). The Bertz CT molecular complexity index is 467. The summed E-state index contributed by atoms with van der Waals surface area (Å²) in [5, 5.41) is 6.60. The van der Waals surface area contributed by atoms with Crippen LogP contribution < -0.4 is 10.6 Å². The molecule has 0 aliphatic carbocycles. The van der Waals surface area contributed by atoms with Crippen molar-refractivity contribution in [3.63, 3.8) is 0 Å². The lowest BCUT2D eigenvalue weighted by atomic mass is 10.1. The highest BCUT2D eigenvalue weighted by atomic mass is 79.9. The van der Waals surface area contributed by atoms with Gasteiger partial charge >= 0.3 is 0 Å². The van der Waals surface area contributed by atoms with Gasteiger partial charge in [0.1, 0.15) is 0 Å². The maximum atomic E-state index is 5.42. The largest absolute Gasteiger partial charge is 0.382 e. The average Bonchev–Trinajstić information content (AvgIpc) is 2.51. The summed E-state index contributed by atoms with van der Waals surface area (Å²) in [5.74, 6) is 0.805. The van der Waals surface area contributed by atoms with Crippen molar-refractivity contribution >= 4 is 21.9 Å². The van der Waals surface area contributed by atoms with E-state index in [1.807, 2.05) is 0 Å². The number of nitrogens with one attached hydrogen (secondary N) is 2. The summed E-state index contributed by atoms with van der Waals surface area (Å²) in [5.41, 5.74) is 2.51. The molecule has 0 aliphatic heterocycles. The van der Waals surface area contributed by atoms with Crippen LogP contribution in [-0.2, 0) is 16.0 Å². The molecule has 0 aliphatic rings. The molecule has 0 bridgehead atoms. The van der Waals surface area contributed by atoms with Crippen LogP contribution in [0.25, 0.3) is 0 Å². The first-order valence-electron chi connectivity index (χ1n) is 7.43. The molecule has 0 spiro atoms. The first kappa shape index (κ1) is 18.9. The summed E-state index contributed by atoms with van der Waals surface area (Å²) in [7, 11) is 3.45. The maximum absolute atomic E-state index is 5.42. The predicted octanol–water partition coefficient (Wildman–Crippen LogP) is 2.48. The molecule has 0 radical (unpaired) electrons. The van der Waals surface area contributed by atoms with Crippen LogP contribution in [0.3, 0.4) is 0 Å². The number of benzene rings is 1. The smallest absolute Gasteiger partial charge is 0.191 e. The molecule has 1 aromatic carbocycles. The number of aryl methyl sites for hydroxylation is 1. The molecule has 0 atom stereocenters. The van der Waals surface area contributed by atoms with Gasteiger partial charge in [-0.3, -0.25) is 4.99 Å². The van der Waals surface area contributed by atoms with Crippen LogP contribution in [0.15, 0.2) is 27.7 Å². The van der Waals surface area contributed by atoms with Gasteiger partial charge in [0, 0.05) is 38.3 Å². The summed E-state index contributed by atoms with van der Waals surface area (Å²) in [4.78, 5) is 4.22. The van der Waals surface area contributed by atoms with Gasteiger partial charge in [0.2, 0.25) is 0 Å². The van der Waals surface area contributed by atoms with Crippen LogP contribution in [-0.4, -0.2) is 46.5 Å². The number of hydrogen-bond acceptors (Lipinski definition) is 3. The van der Waals surface area contributed by atoms with E-state index in [-0.39, 0.29) is 0 Å². The predicted molar refractivity (Wildman–Crippen MR) is 94.4 cm³/mol. The van der Waals surface area contributed by atoms with Crippen LogP contribution in [0.5, 0.6) is 0 Å². The number of guanidine groups is 1. The van der Waals surface area contributed by atoms with Crippen LogP contribution in [0.4, 0.5) is 0 Å². The van der Waals surface area contributed by atoms with Gasteiger partial charge in [-0.1, -0.05) is 22.0 Å². The highest BCUT2D eigenvalue weighted by Gasteiger charge is 2.01. The third kappa shape index (κ3) is 7.77. The summed E-state index contributed by atoms with van der Waals surface area (Å²) in [6.45, 7) is 5.69. The normalized spacial score (nSPS) is 11.5. The fourth-order valence-electron chi connectivity index (χ4n) is 1.88. The minimum atomic E-state index is 0.642. The van der Waals surface area contributed by atoms with E-state index in [0.717, 1.165) is 36.5 Å². The Morgan fingerprint density at radius 1 is 1.23 bits per heavy atom. The van der Waals surface area contributed by atoms with E-state index in [9.17, 15) is 0 Å². The fourth-order valence-corrected chi connectivity index (χ4v) is 2.36. The highest BCUT2D eigenvalue weighted by Crippen LogP contribution is 2.15. The van der Waals surface area contributed by atoms with Crippen molar-refractivity contribution in [3.8, 4) is 0 Å². The van der Waals surface area contributed by atoms with Gasteiger partial charge in [0.25, 0.3) is 0 Å². The summed E-state index contributed by atoms with van der Waals surface area (Å²) < 4.78 is 11.4. The van der Waals surface area contributed by atoms with Gasteiger partial charge in [0.05, 0.1) is 13.2 Å². The van der Waals surface area contributed by atoms with Gasteiger partial charge in [-0.2, -0.15) is 0 Å². The van der Waals surface area contributed by atoms with Gasteiger partial charge in [-0.05, 0) is 36.6 Å². The van der Waals surface area contributed by atoms with E-state index in [2.05, 4.69) is 56.7 Å². The Morgan fingerprint density at radius 2 is 2.05 bits per heavy atom. The van der Waals surface area contributed by atoms with Crippen molar-refractivity contribution in [3.05, 3.63) is 33.8 Å². The SMILES string of the molecule is CN=C(NCCCOCCOC)NCc1ccc(Br)cc1C. The molecule has 0 amide bonds. The Hall–Kier alpha value is -1.11. The molecule has 0 fully saturated rings. The van der Waals surface area contributed by atoms with Crippen LogP contribution in [0.1, 0.15) is 17.5 Å². The Morgan fingerprint density at radius 3 is 2.73 bits per heavy atom. The first-order valence-corrected chi connectivity index (χ1v) is 8.23. The van der Waals surface area contributed by atoms with Gasteiger partial charge in [0.15, 0.2) is 5.96 Å². The minimum Gasteiger partial charge on any atom is -0.382 e. The zero-order valence-corrected chi connectivity index (χ0v) is 15.2. The standard InChI is InChI=1S/C16H26BrN3O2/c1-13-11-15(17)6-5-14(13)12-20-16(18-2)19-7-4-8-22-10-9-21-3/h5-6,11H,4,7-10,12H2,1-3H3,(H2,18,19,20). The number of halogens is 1. The van der Waals surface area contributed by atoms with Crippen molar-refractivity contribution < 1.29 is 9.47 Å². The second kappa shape index (κ2) is 11.5. The lowest BCUT2D eigenvalue weighted by Crippen LogP contribution is -2.37. The van der Waals surface area contributed by atoms with Crippen LogP contribution >= 0.6 is 15.9 Å². The summed E-state index contributed by atoms with van der Waals surface area (Å²) in [6, 6.07) is 6.28. The average molecular weight is 372 g/mol. The van der Waals surface area contributed by atoms with Crippen molar-refractivity contribution in [1.82, 2.24) is 10.6 Å². The monoisotopic (exact) mass is 371 g/mol. The zero-order chi connectivity index (χ0) is 16.2. The molecule has 0 saturated heterocycles. The second-order valence-corrected chi connectivity index (χ2v) is 5.80. The van der Waals surface area contributed by atoms with Gasteiger partial charge in [-0.15, -0.1) is 0 Å². The molecule has 6 heteroatoms. The highest BCUT2D eigenvalue weighted by molar-refractivity contribution is 9.10. The van der Waals surface area contributed by atoms with Crippen molar-refractivity contribution in [2.24, 2.45) is 4.99 Å². The molecule has 0 unspecified atom stereocenters. The lowest BCUT2D eigenvalue weighted by molar-refractivity contribution is 0.0698.